The highest BCUT2D eigenvalue weighted by Gasteiger charge is 2.43. The van der Waals surface area contributed by atoms with Crippen LogP contribution in [0.1, 0.15) is 24.8 Å². The van der Waals surface area contributed by atoms with Crippen molar-refractivity contribution in [3.63, 3.8) is 0 Å². The lowest BCUT2D eigenvalue weighted by atomic mass is 10.0. The largest absolute Gasteiger partial charge is 0.493 e. The number of aliphatic hydroxyl groups excluding tert-OH is 1. The van der Waals surface area contributed by atoms with Gasteiger partial charge in [0.2, 0.25) is 0 Å². The van der Waals surface area contributed by atoms with Crippen LogP contribution in [0.2, 0.25) is 0 Å². The van der Waals surface area contributed by atoms with Crippen LogP contribution in [-0.4, -0.2) is 17.5 Å². The lowest BCUT2D eigenvalue weighted by Gasteiger charge is -2.15. The summed E-state index contributed by atoms with van der Waals surface area (Å²) in [6.45, 7) is 0.622. The van der Waals surface area contributed by atoms with E-state index in [0.717, 1.165) is 24.2 Å². The number of ether oxygens (including phenoxy) is 1. The smallest absolute Gasteiger partial charge is 0.119 e. The van der Waals surface area contributed by atoms with E-state index in [1.165, 1.54) is 0 Å². The first-order valence-corrected chi connectivity index (χ1v) is 5.79. The van der Waals surface area contributed by atoms with E-state index in [4.69, 9.17) is 21.0 Å². The van der Waals surface area contributed by atoms with Crippen LogP contribution in [0.4, 0.5) is 0 Å². The minimum Gasteiger partial charge on any atom is -0.493 e. The molecule has 0 unspecified atom stereocenters. The van der Waals surface area contributed by atoms with Crippen LogP contribution in [-0.2, 0) is 6.61 Å². The van der Waals surface area contributed by atoms with Crippen molar-refractivity contribution in [2.24, 2.45) is 11.1 Å². The second-order valence-electron chi connectivity index (χ2n) is 4.80. The minimum atomic E-state index is 0.0236. The Morgan fingerprint density at radius 1 is 1.47 bits per heavy atom. The van der Waals surface area contributed by atoms with Crippen molar-refractivity contribution in [3.05, 3.63) is 29.8 Å². The van der Waals surface area contributed by atoms with Gasteiger partial charge in [0.05, 0.1) is 19.0 Å². The molecule has 1 aliphatic rings. The zero-order chi connectivity index (χ0) is 12.3. The molecule has 0 radical (unpaired) electrons. The maximum absolute atomic E-state index is 9.02. The molecule has 92 valence electrons. The SMILES string of the molecule is N=C(N)CC1(COc2cccc(CO)c2)CC1. The van der Waals surface area contributed by atoms with Gasteiger partial charge in [0.1, 0.15) is 5.75 Å². The molecule has 4 heteroatoms. The Hall–Kier alpha value is -1.55. The fourth-order valence-electron chi connectivity index (χ4n) is 1.92. The third kappa shape index (κ3) is 3.20. The van der Waals surface area contributed by atoms with Crippen LogP contribution in [0, 0.1) is 10.8 Å². The first kappa shape index (κ1) is 11.9. The van der Waals surface area contributed by atoms with E-state index < -0.39 is 0 Å². The van der Waals surface area contributed by atoms with Crippen molar-refractivity contribution >= 4 is 5.84 Å². The standard InChI is InChI=1S/C13H18N2O2/c14-12(15)7-13(4-5-13)9-17-11-3-1-2-10(6-11)8-16/h1-3,6,16H,4-5,7-9H2,(H3,14,15). The maximum atomic E-state index is 9.02. The van der Waals surface area contributed by atoms with Gasteiger partial charge in [-0.15, -0.1) is 0 Å². The molecule has 1 fully saturated rings. The number of rotatable bonds is 6. The molecule has 0 saturated heterocycles. The number of amidine groups is 1. The predicted molar refractivity (Wildman–Crippen MR) is 66.1 cm³/mol. The Morgan fingerprint density at radius 3 is 2.82 bits per heavy atom. The average molecular weight is 234 g/mol. The zero-order valence-corrected chi connectivity index (χ0v) is 9.78. The molecule has 0 spiro atoms. The van der Waals surface area contributed by atoms with Crippen molar-refractivity contribution < 1.29 is 9.84 Å². The van der Waals surface area contributed by atoms with Gasteiger partial charge in [0.15, 0.2) is 0 Å². The number of hydrogen-bond donors (Lipinski definition) is 3. The second kappa shape index (κ2) is 4.75. The van der Waals surface area contributed by atoms with Gasteiger partial charge < -0.3 is 15.6 Å². The van der Waals surface area contributed by atoms with Gasteiger partial charge in [-0.25, -0.2) is 0 Å². The first-order chi connectivity index (χ1) is 8.13. The van der Waals surface area contributed by atoms with E-state index in [9.17, 15) is 0 Å². The minimum absolute atomic E-state index is 0.0236. The summed E-state index contributed by atoms with van der Waals surface area (Å²) >= 11 is 0. The Morgan fingerprint density at radius 2 is 2.24 bits per heavy atom. The summed E-state index contributed by atoms with van der Waals surface area (Å²) in [6.07, 6.45) is 2.77. The highest BCUT2D eigenvalue weighted by molar-refractivity contribution is 5.78. The Balaban J connectivity index is 1.91. The van der Waals surface area contributed by atoms with Crippen LogP contribution >= 0.6 is 0 Å². The molecule has 2 rings (SSSR count). The van der Waals surface area contributed by atoms with Crippen LogP contribution in [0.15, 0.2) is 24.3 Å². The molecule has 1 aromatic rings. The van der Waals surface area contributed by atoms with Crippen molar-refractivity contribution in [2.45, 2.75) is 25.9 Å². The number of benzene rings is 1. The van der Waals surface area contributed by atoms with E-state index in [-0.39, 0.29) is 17.9 Å². The highest BCUT2D eigenvalue weighted by Crippen LogP contribution is 2.48. The average Bonchev–Trinajstić information content (AvgIpc) is 3.06. The van der Waals surface area contributed by atoms with Gasteiger partial charge in [-0.3, -0.25) is 5.41 Å². The summed E-state index contributed by atoms with van der Waals surface area (Å²) in [4.78, 5) is 0. The topological polar surface area (TPSA) is 79.3 Å². The molecule has 1 aromatic carbocycles. The van der Waals surface area contributed by atoms with E-state index >= 15 is 0 Å². The van der Waals surface area contributed by atoms with E-state index in [0.29, 0.717) is 13.0 Å². The molecule has 0 amide bonds. The molecule has 0 bridgehead atoms. The van der Waals surface area contributed by atoms with Crippen LogP contribution in [0.5, 0.6) is 5.75 Å². The predicted octanol–water partition coefficient (Wildman–Crippen LogP) is 1.66. The fraction of sp³-hybridized carbons (Fsp3) is 0.462. The number of aliphatic hydroxyl groups is 1. The van der Waals surface area contributed by atoms with Gasteiger partial charge in [-0.05, 0) is 30.5 Å². The second-order valence-corrected chi connectivity index (χ2v) is 4.80. The van der Waals surface area contributed by atoms with Gasteiger partial charge in [0, 0.05) is 11.8 Å². The van der Waals surface area contributed by atoms with Crippen molar-refractivity contribution in [2.75, 3.05) is 6.61 Å². The molecule has 4 N–H and O–H groups in total. The third-order valence-corrected chi connectivity index (χ3v) is 3.15. The number of nitrogens with two attached hydrogens (primary N) is 1. The molecule has 0 heterocycles. The summed E-state index contributed by atoms with van der Waals surface area (Å²) in [5, 5.41) is 16.3. The Bertz CT molecular complexity index is 414. The zero-order valence-electron chi connectivity index (χ0n) is 9.78. The monoisotopic (exact) mass is 234 g/mol. The third-order valence-electron chi connectivity index (χ3n) is 3.15. The highest BCUT2D eigenvalue weighted by atomic mass is 16.5. The molecule has 4 nitrogen and oxygen atoms in total. The van der Waals surface area contributed by atoms with E-state index in [1.54, 1.807) is 0 Å². The van der Waals surface area contributed by atoms with Gasteiger partial charge in [0.25, 0.3) is 0 Å². The van der Waals surface area contributed by atoms with Crippen LogP contribution in [0.25, 0.3) is 0 Å². The quantitative estimate of drug-likeness (QED) is 0.517. The molecular weight excluding hydrogens is 216 g/mol. The maximum Gasteiger partial charge on any atom is 0.119 e. The van der Waals surface area contributed by atoms with Crippen LogP contribution < -0.4 is 10.5 Å². The Kier molecular flexibility index (Phi) is 3.33. The molecule has 17 heavy (non-hydrogen) atoms. The van der Waals surface area contributed by atoms with Crippen molar-refractivity contribution in [1.82, 2.24) is 0 Å². The molecule has 0 aliphatic heterocycles. The molecule has 0 aromatic heterocycles. The Labute approximate surface area is 101 Å². The summed E-state index contributed by atoms with van der Waals surface area (Å²) in [6, 6.07) is 7.44. The fourth-order valence-corrected chi connectivity index (χ4v) is 1.92. The lowest BCUT2D eigenvalue weighted by Crippen LogP contribution is -2.21. The summed E-state index contributed by atoms with van der Waals surface area (Å²) in [7, 11) is 0. The summed E-state index contributed by atoms with van der Waals surface area (Å²) in [5.74, 6) is 1.00. The first-order valence-electron chi connectivity index (χ1n) is 5.79. The van der Waals surface area contributed by atoms with Gasteiger partial charge in [-0.2, -0.15) is 0 Å². The number of nitrogens with one attached hydrogen (secondary N) is 1. The molecule has 0 atom stereocenters. The summed E-state index contributed by atoms with van der Waals surface area (Å²) < 4.78 is 5.71. The van der Waals surface area contributed by atoms with Crippen LogP contribution in [0.3, 0.4) is 0 Å². The summed E-state index contributed by atoms with van der Waals surface area (Å²) in [5.41, 5.74) is 6.36. The van der Waals surface area contributed by atoms with E-state index in [2.05, 4.69) is 0 Å². The molecule has 1 aliphatic carbocycles. The van der Waals surface area contributed by atoms with Crippen molar-refractivity contribution in [3.8, 4) is 5.75 Å². The van der Waals surface area contributed by atoms with Gasteiger partial charge in [-0.1, -0.05) is 12.1 Å². The molecular formula is C13H18N2O2. The molecule has 1 saturated carbocycles. The lowest BCUT2D eigenvalue weighted by molar-refractivity contribution is 0.237. The van der Waals surface area contributed by atoms with E-state index in [1.807, 2.05) is 24.3 Å². The normalized spacial score (nSPS) is 16.5. The number of hydrogen-bond acceptors (Lipinski definition) is 3. The van der Waals surface area contributed by atoms with Gasteiger partial charge >= 0.3 is 0 Å². The van der Waals surface area contributed by atoms with Crippen molar-refractivity contribution in [1.29, 1.82) is 5.41 Å².